The second kappa shape index (κ2) is 12.2. The number of aromatic nitrogens is 1. The number of aliphatic hydroxyl groups is 3. The average Bonchev–Trinajstić information content (AvgIpc) is 3.34. The molecule has 40 heavy (non-hydrogen) atoms. The first-order chi connectivity index (χ1) is 19.1. The van der Waals surface area contributed by atoms with Crippen LogP contribution < -0.4 is 10.2 Å². The fourth-order valence-corrected chi connectivity index (χ4v) is 5.38. The van der Waals surface area contributed by atoms with E-state index in [1.54, 1.807) is 13.8 Å². The Morgan fingerprint density at radius 3 is 2.38 bits per heavy atom. The van der Waals surface area contributed by atoms with Crippen LogP contribution in [0.3, 0.4) is 0 Å². The highest BCUT2D eigenvalue weighted by Gasteiger charge is 2.41. The van der Waals surface area contributed by atoms with Crippen LogP contribution in [-0.2, 0) is 16.6 Å². The molecule has 2 aromatic carbocycles. The van der Waals surface area contributed by atoms with Crippen LogP contribution in [0, 0.1) is 11.3 Å². The number of anilines is 1. The molecule has 0 saturated carbocycles. The van der Waals surface area contributed by atoms with Crippen LogP contribution in [0.25, 0.3) is 27.6 Å². The number of rotatable bonds is 8. The first kappa shape index (κ1) is 29.3. The zero-order valence-electron chi connectivity index (χ0n) is 23.6. The minimum absolute atomic E-state index is 0.0610. The molecule has 1 aromatic heterocycles. The van der Waals surface area contributed by atoms with E-state index in [4.69, 9.17) is 4.74 Å². The summed E-state index contributed by atoms with van der Waals surface area (Å²) < 4.78 is 7.50. The monoisotopic (exact) mass is 546 g/mol. The number of nitrogens with zero attached hydrogens (tertiary/aromatic N) is 3. The van der Waals surface area contributed by atoms with Crippen molar-refractivity contribution in [1.82, 2.24) is 9.88 Å². The van der Waals surface area contributed by atoms with Gasteiger partial charge < -0.3 is 34.8 Å². The lowest BCUT2D eigenvalue weighted by atomic mass is 9.95. The second-order valence-corrected chi connectivity index (χ2v) is 10.3. The van der Waals surface area contributed by atoms with Crippen LogP contribution in [0.2, 0.25) is 0 Å². The summed E-state index contributed by atoms with van der Waals surface area (Å²) in [5, 5.41) is 44.9. The Hall–Kier alpha value is -3.68. The molecule has 212 valence electrons. The summed E-state index contributed by atoms with van der Waals surface area (Å²) in [6.45, 7) is 9.36. The van der Waals surface area contributed by atoms with Crippen LogP contribution in [-0.4, -0.2) is 75.9 Å². The molecule has 0 bridgehead atoms. The Kier molecular flexibility index (Phi) is 8.96. The first-order valence-corrected chi connectivity index (χ1v) is 13.6. The average molecular weight is 547 g/mol. The van der Waals surface area contributed by atoms with E-state index in [2.05, 4.69) is 60.5 Å². The Labute approximate surface area is 234 Å². The van der Waals surface area contributed by atoms with E-state index in [0.29, 0.717) is 5.57 Å². The van der Waals surface area contributed by atoms with Gasteiger partial charge in [0.2, 0.25) is 0 Å². The van der Waals surface area contributed by atoms with Crippen molar-refractivity contribution in [3.8, 4) is 17.3 Å². The van der Waals surface area contributed by atoms with Gasteiger partial charge in [-0.05, 0) is 79.9 Å². The predicted octanol–water partition coefficient (Wildman–Crippen LogP) is 2.97. The van der Waals surface area contributed by atoms with Gasteiger partial charge in [0.05, 0.1) is 6.10 Å². The maximum absolute atomic E-state index is 13.0. The van der Waals surface area contributed by atoms with Crippen molar-refractivity contribution in [2.24, 2.45) is 7.05 Å². The third-order valence-electron chi connectivity index (χ3n) is 7.88. The molecule has 5 atom stereocenters. The number of carbonyl (C=O) groups is 1. The van der Waals surface area contributed by atoms with Crippen LogP contribution in [0.15, 0.2) is 54.1 Å². The number of nitrogens with one attached hydrogen (secondary N) is 1. The first-order valence-electron chi connectivity index (χ1n) is 13.6. The number of carbonyl (C=O) groups excluding carboxylic acids is 1. The van der Waals surface area contributed by atoms with Gasteiger partial charge in [-0.1, -0.05) is 18.2 Å². The van der Waals surface area contributed by atoms with E-state index >= 15 is 0 Å². The lowest BCUT2D eigenvalue weighted by Crippen LogP contribution is -2.59. The summed E-state index contributed by atoms with van der Waals surface area (Å²) in [6, 6.07) is 18.7. The van der Waals surface area contributed by atoms with Gasteiger partial charge in [0, 0.05) is 43.8 Å². The van der Waals surface area contributed by atoms with Gasteiger partial charge >= 0.3 is 0 Å². The van der Waals surface area contributed by atoms with Gasteiger partial charge in [-0.3, -0.25) is 4.79 Å². The highest BCUT2D eigenvalue weighted by Crippen LogP contribution is 2.31. The third kappa shape index (κ3) is 5.62. The molecular formula is C31H38N4O5. The summed E-state index contributed by atoms with van der Waals surface area (Å²) in [7, 11) is 1.90. The summed E-state index contributed by atoms with van der Waals surface area (Å²) in [5.74, 6) is -0.610. The molecule has 1 aliphatic rings. The Morgan fingerprint density at radius 1 is 1.02 bits per heavy atom. The number of allylic oxidation sites excluding steroid dienone is 1. The van der Waals surface area contributed by atoms with E-state index in [1.165, 1.54) is 5.69 Å². The third-order valence-corrected chi connectivity index (χ3v) is 7.88. The summed E-state index contributed by atoms with van der Waals surface area (Å²) in [6.07, 6.45) is -5.62. The number of ether oxygens (including phenoxy) is 1. The highest BCUT2D eigenvalue weighted by atomic mass is 16.5. The Balaban J connectivity index is 1.55. The van der Waals surface area contributed by atoms with Crippen molar-refractivity contribution >= 4 is 27.9 Å². The Bertz CT molecular complexity index is 1450. The van der Waals surface area contributed by atoms with Crippen molar-refractivity contribution in [2.45, 2.75) is 58.2 Å². The molecule has 2 heterocycles. The lowest BCUT2D eigenvalue weighted by molar-refractivity contribution is -0.215. The number of amides is 1. The van der Waals surface area contributed by atoms with Gasteiger partial charge in [-0.25, -0.2) is 0 Å². The predicted molar refractivity (Wildman–Crippen MR) is 155 cm³/mol. The molecule has 1 saturated heterocycles. The molecule has 9 nitrogen and oxygen atoms in total. The molecule has 1 amide bonds. The molecule has 1 fully saturated rings. The zero-order chi connectivity index (χ0) is 29.1. The summed E-state index contributed by atoms with van der Waals surface area (Å²) in [4.78, 5) is 15.3. The van der Waals surface area contributed by atoms with Gasteiger partial charge in [0.1, 0.15) is 36.1 Å². The Morgan fingerprint density at radius 2 is 1.70 bits per heavy atom. The number of nitriles is 1. The van der Waals surface area contributed by atoms with Crippen molar-refractivity contribution in [3.05, 3.63) is 59.8 Å². The summed E-state index contributed by atoms with van der Waals surface area (Å²) in [5.41, 5.74) is 4.33. The van der Waals surface area contributed by atoms with Crippen LogP contribution in [0.1, 0.15) is 33.4 Å². The number of aliphatic hydroxyl groups excluding tert-OH is 3. The summed E-state index contributed by atoms with van der Waals surface area (Å²) >= 11 is 0. The smallest absolute Gasteiger partial charge is 0.262 e. The maximum Gasteiger partial charge on any atom is 0.262 e. The molecule has 0 spiro atoms. The van der Waals surface area contributed by atoms with Crippen molar-refractivity contribution in [1.29, 1.82) is 5.26 Å². The highest BCUT2D eigenvalue weighted by molar-refractivity contribution is 6.04. The van der Waals surface area contributed by atoms with Crippen LogP contribution in [0.5, 0.6) is 0 Å². The van der Waals surface area contributed by atoms with E-state index in [-0.39, 0.29) is 12.1 Å². The molecule has 3 aromatic rings. The van der Waals surface area contributed by atoms with Crippen LogP contribution >= 0.6 is 0 Å². The molecule has 0 radical (unpaired) electrons. The quantitative estimate of drug-likeness (QED) is 0.252. The minimum Gasteiger partial charge on any atom is -0.388 e. The topological polar surface area (TPSA) is 131 Å². The van der Waals surface area contributed by atoms with Crippen molar-refractivity contribution < 1.29 is 24.9 Å². The largest absolute Gasteiger partial charge is 0.388 e. The molecule has 1 aliphatic heterocycles. The number of fused-ring (bicyclic) bond motifs is 1. The lowest BCUT2D eigenvalue weighted by Gasteiger charge is -2.39. The van der Waals surface area contributed by atoms with E-state index in [9.17, 15) is 25.4 Å². The van der Waals surface area contributed by atoms with E-state index in [1.807, 2.05) is 29.8 Å². The van der Waals surface area contributed by atoms with Crippen molar-refractivity contribution in [2.75, 3.05) is 24.5 Å². The second-order valence-electron chi connectivity index (χ2n) is 10.3. The fourth-order valence-electron chi connectivity index (χ4n) is 5.38. The normalized spacial score (nSPS) is 23.4. The van der Waals surface area contributed by atoms with E-state index < -0.39 is 36.4 Å². The van der Waals surface area contributed by atoms with Gasteiger partial charge in [0.25, 0.3) is 5.91 Å². The zero-order valence-corrected chi connectivity index (χ0v) is 23.6. The molecular weight excluding hydrogens is 508 g/mol. The van der Waals surface area contributed by atoms with Crippen molar-refractivity contribution in [3.63, 3.8) is 0 Å². The fraction of sp³-hybridized carbons (Fsp3) is 0.419. The minimum atomic E-state index is -1.39. The van der Waals surface area contributed by atoms with E-state index in [0.717, 1.165) is 40.8 Å². The molecule has 1 unspecified atom stereocenters. The molecule has 9 heteroatoms. The van der Waals surface area contributed by atoms with Gasteiger partial charge in [-0.2, -0.15) is 5.26 Å². The van der Waals surface area contributed by atoms with Gasteiger partial charge in [0.15, 0.2) is 0 Å². The van der Waals surface area contributed by atoms with Gasteiger partial charge in [-0.15, -0.1) is 0 Å². The number of benzene rings is 2. The molecule has 0 aliphatic carbocycles. The van der Waals surface area contributed by atoms with Crippen LogP contribution in [0.4, 0.5) is 5.69 Å². The number of hydrogen-bond acceptors (Lipinski definition) is 7. The SMILES string of the molecule is CCN(CC)c1ccc2cc(-c3ccc(/C(C)=C(\C#N)C(=O)NC[C@H]4OC(C)[C@H](O)[C@@H](O)[C@@H]4O)n3C)ccc2c1. The maximum atomic E-state index is 13.0. The molecule has 4 N–H and O–H groups in total. The standard InChI is InChI=1S/C31H38N4O5/c1-6-35(7-2)23-11-10-20-14-22(9-8-21(20)15-23)26-13-12-25(34(26)5)18(3)24(16-32)31(39)33-17-27-29(37)30(38)28(36)19(4)40-27/h8-15,19,27-30,36-38H,6-7,17H2,1-5H3,(H,33,39)/b24-18+/t19?,27-,28+,29-,30-/m1/s1. The number of hydrogen-bond donors (Lipinski definition) is 4. The molecule has 4 rings (SSSR count).